The average Bonchev–Trinajstić information content (AvgIpc) is 2.61. The van der Waals surface area contributed by atoms with Crippen LogP contribution in [0.5, 0.6) is 5.75 Å². The van der Waals surface area contributed by atoms with Gasteiger partial charge in [0.05, 0.1) is 5.56 Å². The Morgan fingerprint density at radius 2 is 2.08 bits per heavy atom. The molecule has 25 heavy (non-hydrogen) atoms. The first-order chi connectivity index (χ1) is 12.0. The fourth-order valence-corrected chi connectivity index (χ4v) is 3.54. The van der Waals surface area contributed by atoms with E-state index in [1.807, 2.05) is 30.0 Å². The molecule has 1 amide bonds. The third-order valence-corrected chi connectivity index (χ3v) is 4.97. The van der Waals surface area contributed by atoms with Gasteiger partial charge in [-0.15, -0.1) is 0 Å². The molecule has 2 aromatic carbocycles. The number of halogens is 1. The third kappa shape index (κ3) is 4.19. The Morgan fingerprint density at radius 3 is 2.84 bits per heavy atom. The highest BCUT2D eigenvalue weighted by Gasteiger charge is 2.26. The monoisotopic (exact) mass is 341 g/mol. The Labute approximate surface area is 148 Å². The molecule has 0 unspecified atom stereocenters. The van der Waals surface area contributed by atoms with E-state index in [1.54, 1.807) is 18.2 Å². The van der Waals surface area contributed by atoms with Gasteiger partial charge in [0.25, 0.3) is 5.91 Å². The molecule has 1 heterocycles. The number of hydrogen-bond acceptors (Lipinski definition) is 2. The van der Waals surface area contributed by atoms with Gasteiger partial charge in [0, 0.05) is 13.1 Å². The van der Waals surface area contributed by atoms with Crippen molar-refractivity contribution >= 4 is 5.91 Å². The molecule has 0 bridgehead atoms. The van der Waals surface area contributed by atoms with Crippen molar-refractivity contribution in [1.82, 2.24) is 4.90 Å². The van der Waals surface area contributed by atoms with Crippen LogP contribution in [-0.4, -0.2) is 29.0 Å². The second-order valence-corrected chi connectivity index (χ2v) is 6.91. The van der Waals surface area contributed by atoms with Crippen molar-refractivity contribution in [1.29, 1.82) is 0 Å². The van der Waals surface area contributed by atoms with E-state index < -0.39 is 0 Å². The minimum atomic E-state index is -0.157. The number of nitrogens with zero attached hydrogens (tertiary/aromatic N) is 1. The molecule has 0 radical (unpaired) electrons. The molecular weight excluding hydrogens is 317 g/mol. The summed E-state index contributed by atoms with van der Waals surface area (Å²) in [6.45, 7) is 3.26. The quantitative estimate of drug-likeness (QED) is 0.899. The lowest BCUT2D eigenvalue weighted by atomic mass is 9.91. The smallest absolute Gasteiger partial charge is 0.257 e. The van der Waals surface area contributed by atoms with E-state index >= 15 is 0 Å². The zero-order valence-electron chi connectivity index (χ0n) is 14.5. The number of carbonyl (C=O) groups is 1. The van der Waals surface area contributed by atoms with Crippen LogP contribution in [0.1, 0.15) is 40.7 Å². The van der Waals surface area contributed by atoms with E-state index in [0.29, 0.717) is 31.0 Å². The molecule has 1 atom stereocenters. The number of carbonyl (C=O) groups excluding carboxylic acids is 1. The number of benzene rings is 2. The lowest BCUT2D eigenvalue weighted by Crippen LogP contribution is -2.40. The number of rotatable bonds is 4. The Morgan fingerprint density at radius 1 is 1.28 bits per heavy atom. The standard InChI is InChI=1S/C21H24FNO2/c1-15-8-11-18(20(24)13-15)21(25)23-12-4-5-16(14-23)9-10-17-6-2-3-7-19(17)22/h2-3,6-8,11,13,16,24H,4-5,9-10,12,14H2,1H3/t16-/m0/s1. The second-order valence-electron chi connectivity index (χ2n) is 6.91. The maximum absolute atomic E-state index is 13.8. The largest absolute Gasteiger partial charge is 0.507 e. The maximum atomic E-state index is 13.8. The fourth-order valence-electron chi connectivity index (χ4n) is 3.54. The Kier molecular flexibility index (Phi) is 5.37. The molecule has 1 N–H and O–H groups in total. The van der Waals surface area contributed by atoms with E-state index in [4.69, 9.17) is 0 Å². The summed E-state index contributed by atoms with van der Waals surface area (Å²) < 4.78 is 13.8. The molecule has 1 aliphatic heterocycles. The van der Waals surface area contributed by atoms with Gasteiger partial charge in [-0.05, 0) is 67.9 Å². The van der Waals surface area contributed by atoms with Gasteiger partial charge in [-0.2, -0.15) is 0 Å². The van der Waals surface area contributed by atoms with Gasteiger partial charge in [-0.25, -0.2) is 4.39 Å². The lowest BCUT2D eigenvalue weighted by molar-refractivity contribution is 0.0665. The topological polar surface area (TPSA) is 40.5 Å². The van der Waals surface area contributed by atoms with Gasteiger partial charge in [0.2, 0.25) is 0 Å². The summed E-state index contributed by atoms with van der Waals surface area (Å²) >= 11 is 0. The zero-order chi connectivity index (χ0) is 17.8. The molecular formula is C21H24FNO2. The number of phenols is 1. The van der Waals surface area contributed by atoms with Crippen molar-refractivity contribution in [3.63, 3.8) is 0 Å². The SMILES string of the molecule is Cc1ccc(C(=O)N2CCC[C@@H](CCc3ccccc3F)C2)c(O)c1. The number of amides is 1. The van der Waals surface area contributed by atoms with Gasteiger partial charge in [-0.3, -0.25) is 4.79 Å². The molecule has 0 aliphatic carbocycles. The highest BCUT2D eigenvalue weighted by molar-refractivity contribution is 5.97. The van der Waals surface area contributed by atoms with E-state index in [0.717, 1.165) is 30.4 Å². The van der Waals surface area contributed by atoms with Crippen molar-refractivity contribution in [2.45, 2.75) is 32.6 Å². The van der Waals surface area contributed by atoms with Gasteiger partial charge < -0.3 is 10.0 Å². The predicted molar refractivity (Wildman–Crippen MR) is 96.2 cm³/mol. The zero-order valence-corrected chi connectivity index (χ0v) is 14.5. The Balaban J connectivity index is 1.62. The second kappa shape index (κ2) is 7.68. The first-order valence-electron chi connectivity index (χ1n) is 8.87. The fraction of sp³-hybridized carbons (Fsp3) is 0.381. The summed E-state index contributed by atoms with van der Waals surface area (Å²) in [7, 11) is 0. The van der Waals surface area contributed by atoms with Crippen LogP contribution in [0.15, 0.2) is 42.5 Å². The van der Waals surface area contributed by atoms with E-state index in [1.165, 1.54) is 6.07 Å². The molecule has 1 saturated heterocycles. The van der Waals surface area contributed by atoms with E-state index in [-0.39, 0.29) is 17.5 Å². The molecule has 4 heteroatoms. The Hall–Kier alpha value is -2.36. The van der Waals surface area contributed by atoms with Crippen LogP contribution in [0.4, 0.5) is 4.39 Å². The van der Waals surface area contributed by atoms with Gasteiger partial charge in [-0.1, -0.05) is 24.3 Å². The van der Waals surface area contributed by atoms with Crippen LogP contribution in [-0.2, 0) is 6.42 Å². The summed E-state index contributed by atoms with van der Waals surface area (Å²) in [4.78, 5) is 14.5. The van der Waals surface area contributed by atoms with E-state index in [9.17, 15) is 14.3 Å². The molecule has 0 aromatic heterocycles. The Bertz CT molecular complexity index is 759. The maximum Gasteiger partial charge on any atom is 0.257 e. The van der Waals surface area contributed by atoms with Crippen LogP contribution < -0.4 is 0 Å². The van der Waals surface area contributed by atoms with Crippen LogP contribution in [0.3, 0.4) is 0 Å². The first kappa shape index (κ1) is 17.5. The molecule has 3 nitrogen and oxygen atoms in total. The van der Waals surface area contributed by atoms with Gasteiger partial charge in [0.15, 0.2) is 0 Å². The van der Waals surface area contributed by atoms with Crippen molar-refractivity contribution in [3.8, 4) is 5.75 Å². The van der Waals surface area contributed by atoms with Crippen molar-refractivity contribution < 1.29 is 14.3 Å². The minimum absolute atomic E-state index is 0.0403. The number of aromatic hydroxyl groups is 1. The average molecular weight is 341 g/mol. The highest BCUT2D eigenvalue weighted by Crippen LogP contribution is 2.26. The van der Waals surface area contributed by atoms with Crippen LogP contribution in [0.25, 0.3) is 0 Å². The summed E-state index contributed by atoms with van der Waals surface area (Å²) in [5.41, 5.74) is 2.03. The first-order valence-corrected chi connectivity index (χ1v) is 8.87. The number of phenolic OH excluding ortho intramolecular Hbond substituents is 1. The summed E-state index contributed by atoms with van der Waals surface area (Å²) in [6.07, 6.45) is 3.55. The number of piperidine rings is 1. The van der Waals surface area contributed by atoms with E-state index in [2.05, 4.69) is 0 Å². The van der Waals surface area contributed by atoms with Crippen LogP contribution in [0, 0.1) is 18.7 Å². The highest BCUT2D eigenvalue weighted by atomic mass is 19.1. The number of likely N-dealkylation sites (tertiary alicyclic amines) is 1. The molecule has 0 saturated carbocycles. The lowest BCUT2D eigenvalue weighted by Gasteiger charge is -2.33. The molecule has 3 rings (SSSR count). The molecule has 1 aliphatic rings. The minimum Gasteiger partial charge on any atom is -0.507 e. The van der Waals surface area contributed by atoms with Crippen molar-refractivity contribution in [2.75, 3.05) is 13.1 Å². The number of hydrogen-bond donors (Lipinski definition) is 1. The summed E-state index contributed by atoms with van der Waals surface area (Å²) in [5.74, 6) is 0.132. The summed E-state index contributed by atoms with van der Waals surface area (Å²) in [5, 5.41) is 10.1. The molecule has 132 valence electrons. The normalized spacial score (nSPS) is 17.5. The number of aryl methyl sites for hydroxylation is 2. The van der Waals surface area contributed by atoms with Gasteiger partial charge >= 0.3 is 0 Å². The van der Waals surface area contributed by atoms with Crippen molar-refractivity contribution in [2.24, 2.45) is 5.92 Å². The molecule has 1 fully saturated rings. The molecule has 2 aromatic rings. The third-order valence-electron chi connectivity index (χ3n) is 4.97. The van der Waals surface area contributed by atoms with Crippen LogP contribution >= 0.6 is 0 Å². The predicted octanol–water partition coefficient (Wildman–Crippen LogP) is 4.32. The van der Waals surface area contributed by atoms with Crippen LogP contribution in [0.2, 0.25) is 0 Å². The van der Waals surface area contributed by atoms with Crippen molar-refractivity contribution in [3.05, 3.63) is 65.0 Å². The summed E-state index contributed by atoms with van der Waals surface area (Å²) in [6, 6.07) is 12.0. The molecule has 0 spiro atoms. The van der Waals surface area contributed by atoms with Gasteiger partial charge in [0.1, 0.15) is 11.6 Å².